The molecule has 5 heteroatoms. The summed E-state index contributed by atoms with van der Waals surface area (Å²) in [6.07, 6.45) is 4.22. The first kappa shape index (κ1) is 13.8. The lowest BCUT2D eigenvalue weighted by Crippen LogP contribution is -2.36. The Morgan fingerprint density at radius 3 is 3.00 bits per heavy atom. The standard InChI is InChI=1S/C14H21N3O2/c1-10(17(2)12-4-5-12)9-16-13-8-11(6-7-15-13)14(18)19-3/h6-8,10,12H,4-5,9H2,1-3H3,(H,15,16). The number of rotatable bonds is 6. The van der Waals surface area contributed by atoms with E-state index in [0.717, 1.165) is 12.6 Å². The largest absolute Gasteiger partial charge is 0.465 e. The van der Waals surface area contributed by atoms with Crippen LogP contribution < -0.4 is 5.32 Å². The summed E-state index contributed by atoms with van der Waals surface area (Å²) in [6, 6.07) is 4.55. The van der Waals surface area contributed by atoms with E-state index in [4.69, 9.17) is 4.74 Å². The van der Waals surface area contributed by atoms with Gasteiger partial charge in [0.25, 0.3) is 0 Å². The second kappa shape index (κ2) is 6.02. The van der Waals surface area contributed by atoms with Crippen molar-refractivity contribution in [2.75, 3.05) is 26.0 Å². The van der Waals surface area contributed by atoms with Crippen LogP contribution in [-0.2, 0) is 4.74 Å². The third kappa shape index (κ3) is 3.67. The highest BCUT2D eigenvalue weighted by Gasteiger charge is 2.28. The Kier molecular flexibility index (Phi) is 4.37. The minimum Gasteiger partial charge on any atom is -0.465 e. The lowest BCUT2D eigenvalue weighted by atomic mass is 10.2. The van der Waals surface area contributed by atoms with Crippen molar-refractivity contribution in [1.29, 1.82) is 0 Å². The number of aromatic nitrogens is 1. The summed E-state index contributed by atoms with van der Waals surface area (Å²) in [4.78, 5) is 18.0. The van der Waals surface area contributed by atoms with E-state index in [1.165, 1.54) is 20.0 Å². The Bertz CT molecular complexity index is 446. The average Bonchev–Trinajstić information content (AvgIpc) is 3.28. The van der Waals surface area contributed by atoms with Gasteiger partial charge in [0.1, 0.15) is 5.82 Å². The van der Waals surface area contributed by atoms with Gasteiger partial charge in [-0.1, -0.05) is 0 Å². The summed E-state index contributed by atoms with van der Waals surface area (Å²) in [7, 11) is 3.53. The predicted molar refractivity (Wildman–Crippen MR) is 74.3 cm³/mol. The summed E-state index contributed by atoms with van der Waals surface area (Å²) >= 11 is 0. The summed E-state index contributed by atoms with van der Waals surface area (Å²) in [5, 5.41) is 3.27. The van der Waals surface area contributed by atoms with E-state index in [-0.39, 0.29) is 5.97 Å². The third-order valence-corrected chi connectivity index (χ3v) is 3.58. The summed E-state index contributed by atoms with van der Waals surface area (Å²) in [6.45, 7) is 3.00. The van der Waals surface area contributed by atoms with Gasteiger partial charge in [0.2, 0.25) is 0 Å². The van der Waals surface area contributed by atoms with Gasteiger partial charge >= 0.3 is 5.97 Å². The molecule has 1 saturated carbocycles. The molecular formula is C14H21N3O2. The Hall–Kier alpha value is -1.62. The van der Waals surface area contributed by atoms with Gasteiger partial charge in [0.05, 0.1) is 12.7 Å². The van der Waals surface area contributed by atoms with Crippen molar-refractivity contribution in [2.45, 2.75) is 31.8 Å². The average molecular weight is 263 g/mol. The molecule has 1 unspecified atom stereocenters. The molecule has 0 saturated heterocycles. The fraction of sp³-hybridized carbons (Fsp3) is 0.571. The number of methoxy groups -OCH3 is 1. The number of carbonyl (C=O) groups is 1. The first-order valence-corrected chi connectivity index (χ1v) is 6.62. The Labute approximate surface area is 114 Å². The smallest absolute Gasteiger partial charge is 0.338 e. The zero-order valence-corrected chi connectivity index (χ0v) is 11.7. The monoisotopic (exact) mass is 263 g/mol. The molecule has 0 amide bonds. The van der Waals surface area contributed by atoms with Crippen molar-refractivity contribution in [3.63, 3.8) is 0 Å². The SMILES string of the molecule is COC(=O)c1ccnc(NCC(C)N(C)C2CC2)c1. The highest BCUT2D eigenvalue weighted by molar-refractivity contribution is 5.89. The molecule has 1 aliphatic rings. The van der Waals surface area contributed by atoms with Crippen LogP contribution in [0.1, 0.15) is 30.1 Å². The molecule has 0 aromatic carbocycles. The van der Waals surface area contributed by atoms with Crippen molar-refractivity contribution < 1.29 is 9.53 Å². The number of likely N-dealkylation sites (N-methyl/N-ethyl adjacent to an activating group) is 1. The summed E-state index contributed by atoms with van der Waals surface area (Å²) < 4.78 is 4.69. The molecule has 1 aliphatic carbocycles. The van der Waals surface area contributed by atoms with E-state index < -0.39 is 0 Å². The quantitative estimate of drug-likeness (QED) is 0.793. The van der Waals surface area contributed by atoms with E-state index in [1.54, 1.807) is 18.3 Å². The van der Waals surface area contributed by atoms with Gasteiger partial charge in [0, 0.05) is 24.8 Å². The molecule has 2 rings (SSSR count). The van der Waals surface area contributed by atoms with Crippen LogP contribution in [0, 0.1) is 0 Å². The highest BCUT2D eigenvalue weighted by Crippen LogP contribution is 2.26. The van der Waals surface area contributed by atoms with Gasteiger partial charge in [-0.15, -0.1) is 0 Å². The first-order chi connectivity index (χ1) is 9.11. The van der Waals surface area contributed by atoms with Crippen LogP contribution >= 0.6 is 0 Å². The number of hydrogen-bond acceptors (Lipinski definition) is 5. The molecule has 1 aromatic rings. The van der Waals surface area contributed by atoms with Crippen LogP contribution in [0.15, 0.2) is 18.3 Å². The number of nitrogens with one attached hydrogen (secondary N) is 1. The van der Waals surface area contributed by atoms with Gasteiger partial charge in [-0.2, -0.15) is 0 Å². The second-order valence-corrected chi connectivity index (χ2v) is 5.05. The molecule has 1 atom stereocenters. The molecule has 0 spiro atoms. The lowest BCUT2D eigenvalue weighted by Gasteiger charge is -2.24. The maximum absolute atomic E-state index is 11.4. The Morgan fingerprint density at radius 2 is 2.37 bits per heavy atom. The van der Waals surface area contributed by atoms with Gasteiger partial charge in [-0.05, 0) is 38.9 Å². The fourth-order valence-electron chi connectivity index (χ4n) is 2.01. The van der Waals surface area contributed by atoms with Crippen molar-refractivity contribution in [3.05, 3.63) is 23.9 Å². The van der Waals surface area contributed by atoms with Crippen LogP contribution in [0.25, 0.3) is 0 Å². The van der Waals surface area contributed by atoms with Crippen LogP contribution in [-0.4, -0.2) is 48.6 Å². The molecule has 5 nitrogen and oxygen atoms in total. The Balaban J connectivity index is 1.89. The molecule has 0 bridgehead atoms. The molecule has 1 heterocycles. The molecule has 1 aromatic heterocycles. The molecule has 0 aliphatic heterocycles. The normalized spacial score (nSPS) is 16.2. The maximum Gasteiger partial charge on any atom is 0.338 e. The number of anilines is 1. The molecule has 1 N–H and O–H groups in total. The summed E-state index contributed by atoms with van der Waals surface area (Å²) in [5.74, 6) is 0.368. The van der Waals surface area contributed by atoms with E-state index in [9.17, 15) is 4.79 Å². The number of hydrogen-bond donors (Lipinski definition) is 1. The Morgan fingerprint density at radius 1 is 1.63 bits per heavy atom. The van der Waals surface area contributed by atoms with Crippen molar-refractivity contribution >= 4 is 11.8 Å². The molecule has 0 radical (unpaired) electrons. The maximum atomic E-state index is 11.4. The fourth-order valence-corrected chi connectivity index (χ4v) is 2.01. The summed E-state index contributed by atoms with van der Waals surface area (Å²) in [5.41, 5.74) is 0.517. The highest BCUT2D eigenvalue weighted by atomic mass is 16.5. The number of esters is 1. The van der Waals surface area contributed by atoms with E-state index >= 15 is 0 Å². The third-order valence-electron chi connectivity index (χ3n) is 3.58. The van der Waals surface area contributed by atoms with E-state index in [1.807, 2.05) is 0 Å². The number of ether oxygens (including phenoxy) is 1. The van der Waals surface area contributed by atoms with Crippen LogP contribution in [0.5, 0.6) is 0 Å². The predicted octanol–water partition coefficient (Wildman–Crippen LogP) is 1.76. The zero-order chi connectivity index (χ0) is 13.8. The lowest BCUT2D eigenvalue weighted by molar-refractivity contribution is 0.0600. The van der Waals surface area contributed by atoms with Gasteiger partial charge in [-0.3, -0.25) is 4.90 Å². The first-order valence-electron chi connectivity index (χ1n) is 6.62. The van der Waals surface area contributed by atoms with Crippen molar-refractivity contribution in [3.8, 4) is 0 Å². The zero-order valence-electron chi connectivity index (χ0n) is 11.7. The van der Waals surface area contributed by atoms with E-state index in [2.05, 4.69) is 29.2 Å². The van der Waals surface area contributed by atoms with Crippen LogP contribution in [0.3, 0.4) is 0 Å². The topological polar surface area (TPSA) is 54.5 Å². The van der Waals surface area contributed by atoms with Crippen molar-refractivity contribution in [1.82, 2.24) is 9.88 Å². The van der Waals surface area contributed by atoms with Gasteiger partial charge in [-0.25, -0.2) is 9.78 Å². The molecule has 104 valence electrons. The minimum atomic E-state index is -0.339. The molecule has 19 heavy (non-hydrogen) atoms. The number of pyridine rings is 1. The minimum absolute atomic E-state index is 0.339. The van der Waals surface area contributed by atoms with Crippen LogP contribution in [0.2, 0.25) is 0 Å². The molecule has 1 fully saturated rings. The second-order valence-electron chi connectivity index (χ2n) is 5.05. The van der Waals surface area contributed by atoms with Gasteiger partial charge < -0.3 is 10.1 Å². The number of carbonyl (C=O) groups excluding carboxylic acids is 1. The molecular weight excluding hydrogens is 242 g/mol. The van der Waals surface area contributed by atoms with Crippen LogP contribution in [0.4, 0.5) is 5.82 Å². The number of nitrogens with zero attached hydrogens (tertiary/aromatic N) is 2. The van der Waals surface area contributed by atoms with E-state index in [0.29, 0.717) is 17.4 Å². The van der Waals surface area contributed by atoms with Gasteiger partial charge in [0.15, 0.2) is 0 Å². The van der Waals surface area contributed by atoms with Crippen molar-refractivity contribution in [2.24, 2.45) is 0 Å².